The molecule has 2 rings (SSSR count). The van der Waals surface area contributed by atoms with E-state index >= 15 is 0 Å². The van der Waals surface area contributed by atoms with Gasteiger partial charge < -0.3 is 10.2 Å². The number of nitrogens with zero attached hydrogens (tertiary/aromatic N) is 3. The van der Waals surface area contributed by atoms with Gasteiger partial charge in [0, 0.05) is 17.7 Å². The van der Waals surface area contributed by atoms with Gasteiger partial charge in [0.1, 0.15) is 17.2 Å². The van der Waals surface area contributed by atoms with Gasteiger partial charge in [-0.15, -0.1) is 5.11 Å². The number of phenols is 2. The van der Waals surface area contributed by atoms with E-state index in [9.17, 15) is 20.3 Å². The van der Waals surface area contributed by atoms with Crippen molar-refractivity contribution in [1.29, 1.82) is 0 Å². The molecule has 2 N–H and O–H groups in total. The summed E-state index contributed by atoms with van der Waals surface area (Å²) in [6, 6.07) is 8.36. The van der Waals surface area contributed by atoms with E-state index in [1.165, 1.54) is 36.4 Å². The third-order valence-electron chi connectivity index (χ3n) is 2.71. The van der Waals surface area contributed by atoms with Gasteiger partial charge in [0.25, 0.3) is 5.69 Å². The summed E-state index contributed by atoms with van der Waals surface area (Å²) in [5, 5.41) is 37.4. The molecule has 102 valence electrons. The molecule has 0 aromatic heterocycles. The predicted octanol–water partition coefficient (Wildman–Crippen LogP) is 3.73. The van der Waals surface area contributed by atoms with Crippen molar-refractivity contribution in [2.45, 2.75) is 6.92 Å². The number of phenolic OH excluding ortho intramolecular Hbond substituents is 2. The molecule has 0 radical (unpaired) electrons. The smallest absolute Gasteiger partial charge is 0.269 e. The minimum absolute atomic E-state index is 0.0308. The SMILES string of the molecule is Cc1c(O)ccc(N=Nc2ccc([N+](=O)[O-])cc2)c1O. The first-order valence-electron chi connectivity index (χ1n) is 5.67. The zero-order valence-electron chi connectivity index (χ0n) is 10.5. The predicted molar refractivity (Wildman–Crippen MR) is 71.8 cm³/mol. The molecule has 2 aromatic rings. The van der Waals surface area contributed by atoms with Gasteiger partial charge in [0.15, 0.2) is 0 Å². The number of hydrogen-bond acceptors (Lipinski definition) is 6. The number of nitro groups is 1. The zero-order chi connectivity index (χ0) is 14.7. The monoisotopic (exact) mass is 273 g/mol. The number of rotatable bonds is 3. The quantitative estimate of drug-likeness (QED) is 0.504. The van der Waals surface area contributed by atoms with Crippen LogP contribution in [0.1, 0.15) is 5.56 Å². The van der Waals surface area contributed by atoms with Gasteiger partial charge in [0.05, 0.1) is 10.6 Å². The van der Waals surface area contributed by atoms with Crippen LogP contribution < -0.4 is 0 Å². The minimum Gasteiger partial charge on any atom is -0.508 e. The molecular weight excluding hydrogens is 262 g/mol. The van der Waals surface area contributed by atoms with Crippen LogP contribution in [-0.2, 0) is 0 Å². The fraction of sp³-hybridized carbons (Fsp3) is 0.0769. The molecule has 7 nitrogen and oxygen atoms in total. The maximum Gasteiger partial charge on any atom is 0.269 e. The Labute approximate surface area is 114 Å². The first-order chi connectivity index (χ1) is 9.49. The normalized spacial score (nSPS) is 10.8. The van der Waals surface area contributed by atoms with Crippen molar-refractivity contribution in [3.05, 3.63) is 52.1 Å². The van der Waals surface area contributed by atoms with Crippen molar-refractivity contribution in [1.82, 2.24) is 0 Å². The summed E-state index contributed by atoms with van der Waals surface area (Å²) in [6.07, 6.45) is 0. The van der Waals surface area contributed by atoms with Crippen LogP contribution in [-0.4, -0.2) is 15.1 Å². The van der Waals surface area contributed by atoms with Gasteiger partial charge in [-0.2, -0.15) is 5.11 Å². The summed E-state index contributed by atoms with van der Waals surface area (Å²) >= 11 is 0. The molecule has 0 aliphatic carbocycles. The largest absolute Gasteiger partial charge is 0.508 e. The minimum atomic E-state index is -0.504. The number of nitro benzene ring substituents is 1. The lowest BCUT2D eigenvalue weighted by Crippen LogP contribution is -1.85. The van der Waals surface area contributed by atoms with Crippen molar-refractivity contribution in [2.24, 2.45) is 10.2 Å². The van der Waals surface area contributed by atoms with Gasteiger partial charge in [-0.05, 0) is 31.2 Å². The summed E-state index contributed by atoms with van der Waals surface area (Å²) in [5.74, 6) is -0.188. The topological polar surface area (TPSA) is 108 Å². The van der Waals surface area contributed by atoms with Crippen LogP contribution in [0.5, 0.6) is 11.5 Å². The lowest BCUT2D eigenvalue weighted by molar-refractivity contribution is -0.384. The van der Waals surface area contributed by atoms with E-state index in [0.717, 1.165) is 0 Å². The van der Waals surface area contributed by atoms with Crippen LogP contribution in [0.25, 0.3) is 0 Å². The number of benzene rings is 2. The van der Waals surface area contributed by atoms with Crippen molar-refractivity contribution in [3.63, 3.8) is 0 Å². The van der Waals surface area contributed by atoms with E-state index in [4.69, 9.17) is 0 Å². The summed E-state index contributed by atoms with van der Waals surface area (Å²) in [6.45, 7) is 1.55. The molecule has 0 atom stereocenters. The molecule has 7 heteroatoms. The lowest BCUT2D eigenvalue weighted by Gasteiger charge is -2.03. The molecule has 0 heterocycles. The van der Waals surface area contributed by atoms with Crippen LogP contribution in [0, 0.1) is 17.0 Å². The second kappa shape index (κ2) is 5.35. The Morgan fingerprint density at radius 3 is 2.30 bits per heavy atom. The maximum atomic E-state index is 10.5. The van der Waals surface area contributed by atoms with Crippen molar-refractivity contribution in [2.75, 3.05) is 0 Å². The third kappa shape index (κ3) is 2.72. The van der Waals surface area contributed by atoms with Crippen LogP contribution in [0.2, 0.25) is 0 Å². The summed E-state index contributed by atoms with van der Waals surface area (Å²) in [4.78, 5) is 10.00. The molecule has 20 heavy (non-hydrogen) atoms. The van der Waals surface area contributed by atoms with Gasteiger partial charge in [-0.3, -0.25) is 10.1 Å². The first-order valence-corrected chi connectivity index (χ1v) is 5.67. The standard InChI is InChI=1S/C13H11N3O4/c1-8-12(17)7-6-11(13(8)18)15-14-9-2-4-10(5-3-9)16(19)20/h2-7,17-18H,1H3. The molecule has 0 saturated heterocycles. The lowest BCUT2D eigenvalue weighted by atomic mass is 10.2. The Kier molecular flexibility index (Phi) is 3.60. The maximum absolute atomic E-state index is 10.5. The first kappa shape index (κ1) is 13.5. The summed E-state index contributed by atoms with van der Waals surface area (Å²) < 4.78 is 0. The molecule has 0 fully saturated rings. The van der Waals surface area contributed by atoms with E-state index in [-0.39, 0.29) is 22.9 Å². The van der Waals surface area contributed by atoms with E-state index in [1.807, 2.05) is 0 Å². The molecular formula is C13H11N3O4. The fourth-order valence-corrected chi connectivity index (χ4v) is 1.51. The van der Waals surface area contributed by atoms with Crippen LogP contribution in [0.15, 0.2) is 46.6 Å². The Bertz CT molecular complexity index is 681. The number of non-ortho nitro benzene ring substituents is 1. The second-order valence-corrected chi connectivity index (χ2v) is 4.05. The van der Waals surface area contributed by atoms with E-state index < -0.39 is 4.92 Å². The Morgan fingerprint density at radius 1 is 1.05 bits per heavy atom. The molecule has 0 bridgehead atoms. The van der Waals surface area contributed by atoms with E-state index in [1.54, 1.807) is 6.92 Å². The second-order valence-electron chi connectivity index (χ2n) is 4.05. The van der Waals surface area contributed by atoms with Crippen molar-refractivity contribution in [3.8, 4) is 11.5 Å². The summed E-state index contributed by atoms with van der Waals surface area (Å²) in [5.41, 5.74) is 0.900. The van der Waals surface area contributed by atoms with Crippen molar-refractivity contribution >= 4 is 17.1 Å². The molecule has 0 spiro atoms. The van der Waals surface area contributed by atoms with Gasteiger partial charge in [-0.1, -0.05) is 0 Å². The van der Waals surface area contributed by atoms with Gasteiger partial charge >= 0.3 is 0 Å². The highest BCUT2D eigenvalue weighted by Gasteiger charge is 2.08. The molecule has 0 unspecified atom stereocenters. The molecule has 0 aliphatic heterocycles. The van der Waals surface area contributed by atoms with Crippen molar-refractivity contribution < 1.29 is 15.1 Å². The molecule has 0 amide bonds. The van der Waals surface area contributed by atoms with Crippen LogP contribution in [0.4, 0.5) is 17.1 Å². The van der Waals surface area contributed by atoms with Gasteiger partial charge in [-0.25, -0.2) is 0 Å². The molecule has 0 saturated carbocycles. The molecule has 0 aliphatic rings. The molecule has 2 aromatic carbocycles. The van der Waals surface area contributed by atoms with Gasteiger partial charge in [0.2, 0.25) is 0 Å². The Balaban J connectivity index is 2.25. The average Bonchev–Trinajstić information content (AvgIpc) is 2.44. The summed E-state index contributed by atoms with van der Waals surface area (Å²) in [7, 11) is 0. The van der Waals surface area contributed by atoms with E-state index in [2.05, 4.69) is 10.2 Å². The number of hydrogen-bond donors (Lipinski definition) is 2. The number of aromatic hydroxyl groups is 2. The highest BCUT2D eigenvalue weighted by Crippen LogP contribution is 2.36. The Hall–Kier alpha value is -2.96. The zero-order valence-corrected chi connectivity index (χ0v) is 10.5. The van der Waals surface area contributed by atoms with Crippen LogP contribution in [0.3, 0.4) is 0 Å². The third-order valence-corrected chi connectivity index (χ3v) is 2.71. The highest BCUT2D eigenvalue weighted by molar-refractivity contribution is 5.59. The fourth-order valence-electron chi connectivity index (χ4n) is 1.51. The Morgan fingerprint density at radius 2 is 1.70 bits per heavy atom. The highest BCUT2D eigenvalue weighted by atomic mass is 16.6. The average molecular weight is 273 g/mol. The number of azo groups is 1. The van der Waals surface area contributed by atoms with Crippen LogP contribution >= 0.6 is 0 Å². The van der Waals surface area contributed by atoms with E-state index in [0.29, 0.717) is 11.3 Å².